The van der Waals surface area contributed by atoms with Gasteiger partial charge >= 0.3 is 0 Å². The Kier molecular flexibility index (Phi) is 2.61. The Morgan fingerprint density at radius 3 is 2.71 bits per heavy atom. The Balaban J connectivity index is 2.18. The molecule has 17 heavy (non-hydrogen) atoms. The predicted octanol–water partition coefficient (Wildman–Crippen LogP) is 4.06. The Bertz CT molecular complexity index is 680. The highest BCUT2D eigenvalue weighted by Gasteiger charge is 2.01. The van der Waals surface area contributed by atoms with Crippen LogP contribution >= 0.6 is 15.9 Å². The van der Waals surface area contributed by atoms with Crippen LogP contribution in [0.15, 0.2) is 59.3 Å². The minimum atomic E-state index is 0.824. The highest BCUT2D eigenvalue weighted by Crippen LogP contribution is 2.22. The van der Waals surface area contributed by atoms with Crippen LogP contribution in [-0.2, 0) is 0 Å². The number of nitrogens with zero attached hydrogens (tertiary/aromatic N) is 2. The van der Waals surface area contributed by atoms with E-state index < -0.39 is 0 Å². The van der Waals surface area contributed by atoms with Crippen LogP contribution in [0.3, 0.4) is 0 Å². The number of rotatable bonds is 1. The second-order valence-corrected chi connectivity index (χ2v) is 4.57. The van der Waals surface area contributed by atoms with Gasteiger partial charge in [-0.05, 0) is 40.2 Å². The van der Waals surface area contributed by atoms with Crippen molar-refractivity contribution in [2.45, 2.75) is 0 Å². The molecule has 0 saturated heterocycles. The summed E-state index contributed by atoms with van der Waals surface area (Å²) >= 11 is 3.37. The van der Waals surface area contributed by atoms with Crippen molar-refractivity contribution in [2.75, 3.05) is 0 Å². The molecule has 0 unspecified atom stereocenters. The van der Waals surface area contributed by atoms with Crippen LogP contribution < -0.4 is 0 Å². The van der Waals surface area contributed by atoms with E-state index in [9.17, 15) is 0 Å². The molecule has 82 valence electrons. The van der Waals surface area contributed by atoms with E-state index in [1.807, 2.05) is 36.4 Å². The van der Waals surface area contributed by atoms with E-state index in [0.717, 1.165) is 26.8 Å². The first-order chi connectivity index (χ1) is 8.33. The molecule has 0 fully saturated rings. The zero-order valence-corrected chi connectivity index (χ0v) is 10.6. The number of aromatic nitrogens is 2. The van der Waals surface area contributed by atoms with Gasteiger partial charge in [-0.2, -0.15) is 0 Å². The normalized spacial score (nSPS) is 10.6. The predicted molar refractivity (Wildman–Crippen MR) is 72.7 cm³/mol. The molecule has 0 aliphatic carbocycles. The second kappa shape index (κ2) is 4.26. The topological polar surface area (TPSA) is 25.8 Å². The Hall–Kier alpha value is -1.74. The first kappa shape index (κ1) is 10.4. The molecular weight excluding hydrogens is 276 g/mol. The van der Waals surface area contributed by atoms with Gasteiger partial charge in [0.05, 0.1) is 11.2 Å². The fraction of sp³-hybridized carbons (Fsp3) is 0. The maximum absolute atomic E-state index is 4.64. The van der Waals surface area contributed by atoms with Crippen LogP contribution in [0.2, 0.25) is 0 Å². The number of fused-ring (bicyclic) bond motifs is 1. The minimum absolute atomic E-state index is 0.824. The lowest BCUT2D eigenvalue weighted by atomic mass is 10.1. The first-order valence-corrected chi connectivity index (χ1v) is 6.10. The van der Waals surface area contributed by atoms with Crippen LogP contribution in [0.4, 0.5) is 0 Å². The molecular formula is C14H9BrN2. The Morgan fingerprint density at radius 1 is 0.941 bits per heavy atom. The van der Waals surface area contributed by atoms with Gasteiger partial charge in [0.25, 0.3) is 0 Å². The van der Waals surface area contributed by atoms with E-state index in [1.165, 1.54) is 0 Å². The molecule has 3 rings (SSSR count). The van der Waals surface area contributed by atoms with Crippen LogP contribution in [0.1, 0.15) is 0 Å². The van der Waals surface area contributed by atoms with Gasteiger partial charge in [-0.3, -0.25) is 0 Å². The molecule has 0 radical (unpaired) electrons. The summed E-state index contributed by atoms with van der Waals surface area (Å²) in [6, 6.07) is 16.2. The van der Waals surface area contributed by atoms with E-state index in [2.05, 4.69) is 38.0 Å². The number of para-hydroxylation sites is 1. The molecule has 0 spiro atoms. The van der Waals surface area contributed by atoms with E-state index >= 15 is 0 Å². The van der Waals surface area contributed by atoms with Gasteiger partial charge in [0.1, 0.15) is 4.60 Å². The maximum atomic E-state index is 4.64. The summed E-state index contributed by atoms with van der Waals surface area (Å²) in [6.45, 7) is 0. The molecule has 3 aromatic rings. The lowest BCUT2D eigenvalue weighted by Crippen LogP contribution is -1.86. The van der Waals surface area contributed by atoms with Gasteiger partial charge in [0.2, 0.25) is 0 Å². The Labute approximate surface area is 107 Å². The van der Waals surface area contributed by atoms with Gasteiger partial charge in [-0.25, -0.2) is 9.97 Å². The summed E-state index contributed by atoms with van der Waals surface area (Å²) in [5.74, 6) is 0. The van der Waals surface area contributed by atoms with Crippen LogP contribution in [-0.4, -0.2) is 9.97 Å². The van der Waals surface area contributed by atoms with Crippen molar-refractivity contribution < 1.29 is 0 Å². The second-order valence-electron chi connectivity index (χ2n) is 3.76. The van der Waals surface area contributed by atoms with E-state index in [-0.39, 0.29) is 0 Å². The summed E-state index contributed by atoms with van der Waals surface area (Å²) in [5, 5.41) is 1.16. The molecule has 0 aliphatic rings. The Morgan fingerprint density at radius 2 is 1.82 bits per heavy atom. The van der Waals surface area contributed by atoms with Crippen LogP contribution in [0, 0.1) is 0 Å². The van der Waals surface area contributed by atoms with Gasteiger partial charge in [-0.1, -0.05) is 24.3 Å². The number of hydrogen-bond acceptors (Lipinski definition) is 2. The van der Waals surface area contributed by atoms with Crippen molar-refractivity contribution in [1.29, 1.82) is 0 Å². The quantitative estimate of drug-likeness (QED) is 0.630. The average molecular weight is 285 g/mol. The largest absolute Gasteiger partial charge is 0.249 e. The summed E-state index contributed by atoms with van der Waals surface area (Å²) in [7, 11) is 0. The van der Waals surface area contributed by atoms with Crippen LogP contribution in [0.25, 0.3) is 22.2 Å². The van der Waals surface area contributed by atoms with E-state index in [0.29, 0.717) is 0 Å². The molecule has 3 heteroatoms. The van der Waals surface area contributed by atoms with Crippen molar-refractivity contribution >= 4 is 26.8 Å². The van der Waals surface area contributed by atoms with Gasteiger partial charge in [-0.15, -0.1) is 0 Å². The number of pyridine rings is 2. The summed E-state index contributed by atoms with van der Waals surface area (Å²) in [5.41, 5.74) is 3.04. The molecule has 2 aromatic heterocycles. The van der Waals surface area contributed by atoms with E-state index in [1.54, 1.807) is 6.20 Å². The molecule has 1 aromatic carbocycles. The lowest BCUT2D eigenvalue weighted by Gasteiger charge is -2.03. The molecule has 2 nitrogen and oxygen atoms in total. The van der Waals surface area contributed by atoms with E-state index in [4.69, 9.17) is 0 Å². The van der Waals surface area contributed by atoms with Crippen molar-refractivity contribution in [3.8, 4) is 11.3 Å². The molecule has 0 bridgehead atoms. The summed E-state index contributed by atoms with van der Waals surface area (Å²) < 4.78 is 0.824. The molecule has 0 N–H and O–H groups in total. The van der Waals surface area contributed by atoms with Gasteiger partial charge in [0, 0.05) is 17.1 Å². The maximum Gasteiger partial charge on any atom is 0.106 e. The van der Waals surface area contributed by atoms with Crippen molar-refractivity contribution in [3.05, 3.63) is 59.3 Å². The number of benzene rings is 1. The molecule has 0 aliphatic heterocycles. The fourth-order valence-electron chi connectivity index (χ4n) is 1.79. The van der Waals surface area contributed by atoms with Crippen molar-refractivity contribution in [2.24, 2.45) is 0 Å². The lowest BCUT2D eigenvalue weighted by molar-refractivity contribution is 1.27. The van der Waals surface area contributed by atoms with Crippen molar-refractivity contribution in [3.63, 3.8) is 0 Å². The molecule has 2 heterocycles. The number of halogens is 1. The summed E-state index contributed by atoms with van der Waals surface area (Å²) in [6.07, 6.45) is 1.77. The van der Waals surface area contributed by atoms with Gasteiger partial charge < -0.3 is 0 Å². The highest BCUT2D eigenvalue weighted by atomic mass is 79.9. The highest BCUT2D eigenvalue weighted by molar-refractivity contribution is 9.10. The SMILES string of the molecule is Brc1cc(-c2ccc3ccccc3n2)ccn1. The molecule has 0 amide bonds. The third-order valence-corrected chi connectivity index (χ3v) is 3.05. The third kappa shape index (κ3) is 2.06. The monoisotopic (exact) mass is 284 g/mol. The third-order valence-electron chi connectivity index (χ3n) is 2.62. The van der Waals surface area contributed by atoms with Crippen LogP contribution in [0.5, 0.6) is 0 Å². The number of hydrogen-bond donors (Lipinski definition) is 0. The zero-order valence-electron chi connectivity index (χ0n) is 8.97. The standard InChI is InChI=1S/C14H9BrN2/c15-14-9-11(7-8-16-14)13-6-5-10-3-1-2-4-12(10)17-13/h1-9H. The minimum Gasteiger partial charge on any atom is -0.249 e. The molecule has 0 atom stereocenters. The fourth-order valence-corrected chi connectivity index (χ4v) is 2.15. The van der Waals surface area contributed by atoms with Gasteiger partial charge in [0.15, 0.2) is 0 Å². The zero-order chi connectivity index (χ0) is 11.7. The van der Waals surface area contributed by atoms with Crippen molar-refractivity contribution in [1.82, 2.24) is 9.97 Å². The average Bonchev–Trinajstić information content (AvgIpc) is 2.38. The first-order valence-electron chi connectivity index (χ1n) is 5.31. The molecule has 0 saturated carbocycles. The summed E-state index contributed by atoms with van der Waals surface area (Å²) in [4.78, 5) is 8.75. The smallest absolute Gasteiger partial charge is 0.106 e.